The molecule has 6 nitrogen and oxygen atoms in total. The molecule has 0 aliphatic rings. The highest BCUT2D eigenvalue weighted by molar-refractivity contribution is 7.89. The molecule has 0 aliphatic carbocycles. The van der Waals surface area contributed by atoms with E-state index in [0.29, 0.717) is 23.6 Å². The van der Waals surface area contributed by atoms with Crippen LogP contribution in [0.5, 0.6) is 5.75 Å². The summed E-state index contributed by atoms with van der Waals surface area (Å²) in [6.07, 6.45) is 0. The average Bonchev–Trinajstić information content (AvgIpc) is 2.48. The van der Waals surface area contributed by atoms with Gasteiger partial charge in [0.1, 0.15) is 5.75 Å². The SMILES string of the molecule is CCOc1ccc(NC(=O)c2ccc(C)c(S(N)(=O)=O)c2)cc1. The van der Waals surface area contributed by atoms with E-state index in [9.17, 15) is 13.2 Å². The Hall–Kier alpha value is -2.38. The van der Waals surface area contributed by atoms with E-state index < -0.39 is 15.9 Å². The molecule has 0 saturated heterocycles. The Morgan fingerprint density at radius 2 is 1.83 bits per heavy atom. The van der Waals surface area contributed by atoms with Crippen molar-refractivity contribution in [2.24, 2.45) is 5.14 Å². The molecule has 0 spiro atoms. The summed E-state index contributed by atoms with van der Waals surface area (Å²) in [5.74, 6) is 0.288. The number of anilines is 1. The van der Waals surface area contributed by atoms with E-state index in [-0.39, 0.29) is 10.5 Å². The molecular formula is C16H18N2O4S. The Labute approximate surface area is 135 Å². The van der Waals surface area contributed by atoms with E-state index in [2.05, 4.69) is 5.32 Å². The van der Waals surface area contributed by atoms with Gasteiger partial charge in [0.2, 0.25) is 10.0 Å². The largest absolute Gasteiger partial charge is 0.494 e. The van der Waals surface area contributed by atoms with Crippen molar-refractivity contribution in [1.82, 2.24) is 0 Å². The minimum atomic E-state index is -3.87. The van der Waals surface area contributed by atoms with Crippen molar-refractivity contribution >= 4 is 21.6 Å². The molecule has 0 unspecified atom stereocenters. The van der Waals surface area contributed by atoms with Crippen LogP contribution in [-0.4, -0.2) is 20.9 Å². The highest BCUT2D eigenvalue weighted by Gasteiger charge is 2.15. The Morgan fingerprint density at radius 1 is 1.17 bits per heavy atom. The van der Waals surface area contributed by atoms with Crippen molar-refractivity contribution in [2.75, 3.05) is 11.9 Å². The highest BCUT2D eigenvalue weighted by atomic mass is 32.2. The Balaban J connectivity index is 2.21. The highest BCUT2D eigenvalue weighted by Crippen LogP contribution is 2.19. The third-order valence-corrected chi connectivity index (χ3v) is 4.23. The van der Waals surface area contributed by atoms with Gasteiger partial charge in [0, 0.05) is 11.3 Å². The maximum atomic E-state index is 12.2. The second-order valence-corrected chi connectivity index (χ2v) is 6.47. The third kappa shape index (κ3) is 4.30. The van der Waals surface area contributed by atoms with Crippen LogP contribution in [0.4, 0.5) is 5.69 Å². The molecule has 0 aromatic heterocycles. The van der Waals surface area contributed by atoms with Gasteiger partial charge in [-0.25, -0.2) is 13.6 Å². The van der Waals surface area contributed by atoms with Gasteiger partial charge in [-0.15, -0.1) is 0 Å². The van der Waals surface area contributed by atoms with E-state index in [4.69, 9.17) is 9.88 Å². The summed E-state index contributed by atoms with van der Waals surface area (Å²) in [6.45, 7) is 4.06. The summed E-state index contributed by atoms with van der Waals surface area (Å²) < 4.78 is 28.4. The van der Waals surface area contributed by atoms with E-state index in [0.717, 1.165) is 0 Å². The van der Waals surface area contributed by atoms with Gasteiger partial charge in [0.15, 0.2) is 0 Å². The zero-order chi connectivity index (χ0) is 17.0. The number of rotatable bonds is 5. The number of hydrogen-bond acceptors (Lipinski definition) is 4. The van der Waals surface area contributed by atoms with Gasteiger partial charge in [-0.1, -0.05) is 6.07 Å². The second-order valence-electron chi connectivity index (χ2n) is 4.94. The monoisotopic (exact) mass is 334 g/mol. The lowest BCUT2D eigenvalue weighted by Gasteiger charge is -2.09. The summed E-state index contributed by atoms with van der Waals surface area (Å²) in [6, 6.07) is 11.3. The lowest BCUT2D eigenvalue weighted by Crippen LogP contribution is -2.17. The lowest BCUT2D eigenvalue weighted by molar-refractivity contribution is 0.102. The Morgan fingerprint density at radius 3 is 2.39 bits per heavy atom. The van der Waals surface area contributed by atoms with E-state index in [1.165, 1.54) is 6.07 Å². The van der Waals surface area contributed by atoms with Crippen LogP contribution in [0.1, 0.15) is 22.8 Å². The van der Waals surface area contributed by atoms with Gasteiger partial charge in [-0.3, -0.25) is 4.79 Å². The second kappa shape index (κ2) is 6.80. The molecule has 0 atom stereocenters. The predicted molar refractivity (Wildman–Crippen MR) is 88.1 cm³/mol. The summed E-state index contributed by atoms with van der Waals surface area (Å²) in [5, 5.41) is 7.85. The number of benzene rings is 2. The van der Waals surface area contributed by atoms with Crippen molar-refractivity contribution in [2.45, 2.75) is 18.7 Å². The van der Waals surface area contributed by atoms with Crippen LogP contribution in [0.25, 0.3) is 0 Å². The molecule has 0 bridgehead atoms. The molecule has 2 rings (SSSR count). The molecule has 2 aromatic rings. The first kappa shape index (κ1) is 17.0. The van der Waals surface area contributed by atoms with Crippen LogP contribution in [-0.2, 0) is 10.0 Å². The molecule has 0 saturated carbocycles. The van der Waals surface area contributed by atoms with Gasteiger partial charge in [-0.2, -0.15) is 0 Å². The fraction of sp³-hybridized carbons (Fsp3) is 0.188. The summed E-state index contributed by atoms with van der Waals surface area (Å²) in [4.78, 5) is 12.2. The van der Waals surface area contributed by atoms with Crippen LogP contribution in [0.3, 0.4) is 0 Å². The molecule has 0 aliphatic heterocycles. The van der Waals surface area contributed by atoms with Crippen LogP contribution in [0, 0.1) is 6.92 Å². The molecule has 23 heavy (non-hydrogen) atoms. The minimum absolute atomic E-state index is 0.0585. The quantitative estimate of drug-likeness (QED) is 0.876. The topological polar surface area (TPSA) is 98.5 Å². The predicted octanol–water partition coefficient (Wildman–Crippen LogP) is 2.29. The number of sulfonamides is 1. The zero-order valence-electron chi connectivity index (χ0n) is 12.9. The summed E-state index contributed by atoms with van der Waals surface area (Å²) in [7, 11) is -3.87. The molecule has 3 N–H and O–H groups in total. The number of ether oxygens (including phenoxy) is 1. The molecule has 0 heterocycles. The van der Waals surface area contributed by atoms with Crippen molar-refractivity contribution in [3.63, 3.8) is 0 Å². The fourth-order valence-corrected chi connectivity index (χ4v) is 2.86. The molecule has 0 radical (unpaired) electrons. The number of carbonyl (C=O) groups is 1. The number of nitrogens with one attached hydrogen (secondary N) is 1. The number of amides is 1. The number of carbonyl (C=O) groups excluding carboxylic acids is 1. The van der Waals surface area contributed by atoms with Crippen LogP contribution in [0.2, 0.25) is 0 Å². The number of hydrogen-bond donors (Lipinski definition) is 2. The van der Waals surface area contributed by atoms with Crippen molar-refractivity contribution in [3.05, 3.63) is 53.6 Å². The standard InChI is InChI=1S/C16H18N2O4S/c1-3-22-14-8-6-13(7-9-14)18-16(19)12-5-4-11(2)15(10-12)23(17,20)21/h4-10H,3H2,1-2H3,(H,18,19)(H2,17,20,21). The van der Waals surface area contributed by atoms with E-state index in [1.807, 2.05) is 6.92 Å². The van der Waals surface area contributed by atoms with Gasteiger partial charge in [-0.05, 0) is 55.8 Å². The first-order valence-electron chi connectivity index (χ1n) is 6.99. The van der Waals surface area contributed by atoms with E-state index >= 15 is 0 Å². The summed E-state index contributed by atoms with van der Waals surface area (Å²) in [5.41, 5.74) is 1.29. The van der Waals surface area contributed by atoms with Gasteiger partial charge in [0.25, 0.3) is 5.91 Å². The molecule has 0 fully saturated rings. The first-order chi connectivity index (χ1) is 10.8. The zero-order valence-corrected chi connectivity index (χ0v) is 13.7. The van der Waals surface area contributed by atoms with Gasteiger partial charge in [0.05, 0.1) is 11.5 Å². The van der Waals surface area contributed by atoms with E-state index in [1.54, 1.807) is 43.3 Å². The minimum Gasteiger partial charge on any atom is -0.494 e. The number of aryl methyl sites for hydroxylation is 1. The van der Waals surface area contributed by atoms with Crippen LogP contribution >= 0.6 is 0 Å². The molecule has 122 valence electrons. The lowest BCUT2D eigenvalue weighted by atomic mass is 10.1. The average molecular weight is 334 g/mol. The molecule has 2 aromatic carbocycles. The fourth-order valence-electron chi connectivity index (χ4n) is 2.05. The molecule has 1 amide bonds. The van der Waals surface area contributed by atoms with Gasteiger partial charge >= 0.3 is 0 Å². The Bertz CT molecular complexity index is 814. The van der Waals surface area contributed by atoms with Gasteiger partial charge < -0.3 is 10.1 Å². The Kier molecular flexibility index (Phi) is 5.02. The maximum Gasteiger partial charge on any atom is 0.255 e. The maximum absolute atomic E-state index is 12.2. The third-order valence-electron chi connectivity index (χ3n) is 3.18. The number of primary sulfonamides is 1. The number of nitrogens with two attached hydrogens (primary N) is 1. The first-order valence-corrected chi connectivity index (χ1v) is 8.53. The smallest absolute Gasteiger partial charge is 0.255 e. The van der Waals surface area contributed by atoms with Crippen molar-refractivity contribution in [1.29, 1.82) is 0 Å². The van der Waals surface area contributed by atoms with Crippen LogP contribution in [0.15, 0.2) is 47.4 Å². The normalized spacial score (nSPS) is 11.1. The van der Waals surface area contributed by atoms with Crippen molar-refractivity contribution in [3.8, 4) is 5.75 Å². The summed E-state index contributed by atoms with van der Waals surface area (Å²) >= 11 is 0. The van der Waals surface area contributed by atoms with Crippen LogP contribution < -0.4 is 15.2 Å². The molecule has 7 heteroatoms. The van der Waals surface area contributed by atoms with Crippen molar-refractivity contribution < 1.29 is 17.9 Å². The molecular weight excluding hydrogens is 316 g/mol.